The molecule has 17 heavy (non-hydrogen) atoms. The fourth-order valence-corrected chi connectivity index (χ4v) is 3.08. The lowest BCUT2D eigenvalue weighted by atomic mass is 10.1. The highest BCUT2D eigenvalue weighted by atomic mass is 32.2. The Morgan fingerprint density at radius 2 is 2.18 bits per heavy atom. The van der Waals surface area contributed by atoms with Crippen molar-refractivity contribution < 1.29 is 9.47 Å². The second-order valence-electron chi connectivity index (χ2n) is 3.96. The molecule has 0 saturated carbocycles. The first-order valence-corrected chi connectivity index (χ1v) is 6.92. The van der Waals surface area contributed by atoms with Gasteiger partial charge in [0, 0.05) is 30.3 Å². The minimum atomic E-state index is 0.474. The van der Waals surface area contributed by atoms with Gasteiger partial charge in [-0.2, -0.15) is 0 Å². The number of ether oxygens (including phenoxy) is 2. The maximum atomic E-state index is 5.43. The Kier molecular flexibility index (Phi) is 5.32. The number of fused-ring (bicyclic) bond motifs is 1. The third-order valence-electron chi connectivity index (χ3n) is 2.77. The number of rotatable bonds is 7. The SMILES string of the molecule is COCCOCCNC1CSc2ccccc21. The molecule has 1 aromatic rings. The summed E-state index contributed by atoms with van der Waals surface area (Å²) in [4.78, 5) is 1.41. The van der Waals surface area contributed by atoms with Gasteiger partial charge in [0.15, 0.2) is 0 Å². The highest BCUT2D eigenvalue weighted by Gasteiger charge is 2.21. The Labute approximate surface area is 107 Å². The van der Waals surface area contributed by atoms with Crippen molar-refractivity contribution in [1.29, 1.82) is 0 Å². The van der Waals surface area contributed by atoms with Crippen LogP contribution >= 0.6 is 11.8 Å². The van der Waals surface area contributed by atoms with Gasteiger partial charge in [0.2, 0.25) is 0 Å². The smallest absolute Gasteiger partial charge is 0.0700 e. The zero-order valence-corrected chi connectivity index (χ0v) is 11.0. The van der Waals surface area contributed by atoms with E-state index in [0.29, 0.717) is 19.3 Å². The van der Waals surface area contributed by atoms with Crippen LogP contribution in [0, 0.1) is 0 Å². The van der Waals surface area contributed by atoms with Crippen LogP contribution in [0.4, 0.5) is 0 Å². The Balaban J connectivity index is 1.68. The number of benzene rings is 1. The third kappa shape index (κ3) is 3.71. The number of methoxy groups -OCH3 is 1. The van der Waals surface area contributed by atoms with Gasteiger partial charge < -0.3 is 14.8 Å². The van der Waals surface area contributed by atoms with Gasteiger partial charge in [0.25, 0.3) is 0 Å². The summed E-state index contributed by atoms with van der Waals surface area (Å²) in [6.07, 6.45) is 0. The van der Waals surface area contributed by atoms with Crippen LogP contribution in [0.3, 0.4) is 0 Å². The molecule has 0 aliphatic carbocycles. The molecular formula is C13H19NO2S. The highest BCUT2D eigenvalue weighted by Crippen LogP contribution is 2.37. The maximum absolute atomic E-state index is 5.43. The van der Waals surface area contributed by atoms with E-state index in [2.05, 4.69) is 29.6 Å². The lowest BCUT2D eigenvalue weighted by Gasteiger charge is -2.13. The minimum absolute atomic E-state index is 0.474. The van der Waals surface area contributed by atoms with Crippen molar-refractivity contribution in [1.82, 2.24) is 5.32 Å². The van der Waals surface area contributed by atoms with E-state index in [0.717, 1.165) is 18.9 Å². The van der Waals surface area contributed by atoms with Crippen LogP contribution in [0.2, 0.25) is 0 Å². The fourth-order valence-electron chi connectivity index (χ4n) is 1.88. The molecule has 0 bridgehead atoms. The van der Waals surface area contributed by atoms with Crippen LogP contribution in [-0.2, 0) is 9.47 Å². The van der Waals surface area contributed by atoms with Crippen LogP contribution in [0.5, 0.6) is 0 Å². The average Bonchev–Trinajstić information content (AvgIpc) is 2.77. The van der Waals surface area contributed by atoms with Crippen LogP contribution in [0.15, 0.2) is 29.2 Å². The predicted molar refractivity (Wildman–Crippen MR) is 70.6 cm³/mol. The van der Waals surface area contributed by atoms with Crippen LogP contribution in [0.1, 0.15) is 11.6 Å². The highest BCUT2D eigenvalue weighted by molar-refractivity contribution is 7.99. The summed E-state index contributed by atoms with van der Waals surface area (Å²) in [5.41, 5.74) is 1.43. The summed E-state index contributed by atoms with van der Waals surface area (Å²) in [5.74, 6) is 1.12. The molecule has 1 N–H and O–H groups in total. The molecule has 0 aromatic heterocycles. The van der Waals surface area contributed by atoms with Gasteiger partial charge in [-0.25, -0.2) is 0 Å². The molecule has 1 atom stereocenters. The molecule has 0 fully saturated rings. The zero-order chi connectivity index (χ0) is 11.9. The van der Waals surface area contributed by atoms with E-state index in [9.17, 15) is 0 Å². The first-order valence-electron chi connectivity index (χ1n) is 5.93. The van der Waals surface area contributed by atoms with E-state index in [1.807, 2.05) is 11.8 Å². The molecule has 1 heterocycles. The summed E-state index contributed by atoms with van der Waals surface area (Å²) >= 11 is 1.92. The Morgan fingerprint density at radius 1 is 1.29 bits per heavy atom. The van der Waals surface area contributed by atoms with Crippen molar-refractivity contribution in [2.75, 3.05) is 39.2 Å². The van der Waals surface area contributed by atoms with Crippen molar-refractivity contribution in [3.8, 4) is 0 Å². The van der Waals surface area contributed by atoms with Gasteiger partial charge in [0.1, 0.15) is 0 Å². The number of hydrogen-bond donors (Lipinski definition) is 1. The summed E-state index contributed by atoms with van der Waals surface area (Å²) in [5, 5.41) is 3.53. The van der Waals surface area contributed by atoms with E-state index >= 15 is 0 Å². The summed E-state index contributed by atoms with van der Waals surface area (Å²) in [6.45, 7) is 2.98. The number of hydrogen-bond acceptors (Lipinski definition) is 4. The van der Waals surface area contributed by atoms with Crippen LogP contribution < -0.4 is 5.32 Å². The Morgan fingerprint density at radius 3 is 3.06 bits per heavy atom. The van der Waals surface area contributed by atoms with Gasteiger partial charge in [0.05, 0.1) is 19.8 Å². The molecule has 1 aliphatic rings. The van der Waals surface area contributed by atoms with Gasteiger partial charge >= 0.3 is 0 Å². The lowest BCUT2D eigenvalue weighted by Crippen LogP contribution is -2.25. The van der Waals surface area contributed by atoms with E-state index in [4.69, 9.17) is 9.47 Å². The molecule has 0 spiro atoms. The Bertz CT molecular complexity index is 346. The van der Waals surface area contributed by atoms with Crippen molar-refractivity contribution in [2.45, 2.75) is 10.9 Å². The second kappa shape index (κ2) is 7.01. The quantitative estimate of drug-likeness (QED) is 0.754. The zero-order valence-electron chi connectivity index (χ0n) is 10.1. The predicted octanol–water partition coefficient (Wildman–Crippen LogP) is 2.09. The van der Waals surface area contributed by atoms with Crippen molar-refractivity contribution in [3.63, 3.8) is 0 Å². The van der Waals surface area contributed by atoms with Gasteiger partial charge in [-0.15, -0.1) is 11.8 Å². The molecule has 1 aromatic carbocycles. The lowest BCUT2D eigenvalue weighted by molar-refractivity contribution is 0.0713. The molecule has 1 aliphatic heterocycles. The molecule has 94 valence electrons. The first kappa shape index (κ1) is 12.9. The standard InChI is InChI=1S/C13H19NO2S/c1-15-8-9-16-7-6-14-12-10-17-13-5-3-2-4-11(12)13/h2-5,12,14H,6-10H2,1H3. The fraction of sp³-hybridized carbons (Fsp3) is 0.538. The molecular weight excluding hydrogens is 234 g/mol. The molecule has 4 heteroatoms. The summed E-state index contributed by atoms with van der Waals surface area (Å²) in [7, 11) is 1.69. The molecule has 3 nitrogen and oxygen atoms in total. The van der Waals surface area contributed by atoms with Crippen LogP contribution in [0.25, 0.3) is 0 Å². The minimum Gasteiger partial charge on any atom is -0.382 e. The van der Waals surface area contributed by atoms with Gasteiger partial charge in [-0.1, -0.05) is 18.2 Å². The normalized spacial score (nSPS) is 18.3. The Hall–Kier alpha value is -0.550. The van der Waals surface area contributed by atoms with Gasteiger partial charge in [-0.05, 0) is 11.6 Å². The molecule has 1 unspecified atom stereocenters. The largest absolute Gasteiger partial charge is 0.382 e. The van der Waals surface area contributed by atoms with E-state index in [1.54, 1.807) is 7.11 Å². The monoisotopic (exact) mass is 253 g/mol. The van der Waals surface area contributed by atoms with Crippen molar-refractivity contribution in [3.05, 3.63) is 29.8 Å². The van der Waals surface area contributed by atoms with Gasteiger partial charge in [-0.3, -0.25) is 0 Å². The van der Waals surface area contributed by atoms with E-state index < -0.39 is 0 Å². The topological polar surface area (TPSA) is 30.5 Å². The molecule has 2 rings (SSSR count). The van der Waals surface area contributed by atoms with E-state index in [-0.39, 0.29) is 0 Å². The molecule has 0 radical (unpaired) electrons. The second-order valence-corrected chi connectivity index (χ2v) is 5.02. The van der Waals surface area contributed by atoms with Crippen molar-refractivity contribution in [2.24, 2.45) is 0 Å². The van der Waals surface area contributed by atoms with Crippen LogP contribution in [-0.4, -0.2) is 39.2 Å². The number of nitrogens with one attached hydrogen (secondary N) is 1. The molecule has 0 saturated heterocycles. The number of thioether (sulfide) groups is 1. The summed E-state index contributed by atoms with van der Waals surface area (Å²) < 4.78 is 10.3. The molecule has 0 amide bonds. The third-order valence-corrected chi connectivity index (χ3v) is 3.95. The van der Waals surface area contributed by atoms with E-state index in [1.165, 1.54) is 10.5 Å². The van der Waals surface area contributed by atoms with Crippen molar-refractivity contribution >= 4 is 11.8 Å². The average molecular weight is 253 g/mol. The summed E-state index contributed by atoms with van der Waals surface area (Å²) in [6, 6.07) is 9.08. The first-order chi connectivity index (χ1) is 8.42. The maximum Gasteiger partial charge on any atom is 0.0700 e.